The monoisotopic (exact) mass is 527 g/mol. The summed E-state index contributed by atoms with van der Waals surface area (Å²) < 4.78 is 14.4. The predicted octanol–water partition coefficient (Wildman–Crippen LogP) is 5.72. The lowest BCUT2D eigenvalue weighted by Gasteiger charge is -2.30. The van der Waals surface area contributed by atoms with Gasteiger partial charge in [-0.05, 0) is 80.2 Å². The first-order valence-corrected chi connectivity index (χ1v) is 14.0. The van der Waals surface area contributed by atoms with Crippen molar-refractivity contribution in [2.75, 3.05) is 24.5 Å². The van der Waals surface area contributed by atoms with E-state index in [4.69, 9.17) is 0 Å². The molecule has 5 nitrogen and oxygen atoms in total. The van der Waals surface area contributed by atoms with Gasteiger partial charge in [0.05, 0.1) is 17.1 Å². The maximum absolute atomic E-state index is 14.4. The first-order valence-electron chi connectivity index (χ1n) is 13.2. The SMILES string of the molecule is O=C(NCC1CC1N1CCCC1)c1ccc(C=C2Sc3ccccc3N(Cc3ccccc3F)C2=O)cc1. The van der Waals surface area contributed by atoms with E-state index in [1.165, 1.54) is 50.2 Å². The lowest BCUT2D eigenvalue weighted by atomic mass is 10.1. The summed E-state index contributed by atoms with van der Waals surface area (Å²) in [6, 6.07) is 22.2. The standard InChI is InChI=1S/C31H30FN3O2S/c32-25-8-2-1-7-23(25)20-35-26-9-3-4-10-28(26)38-29(31(35)37)17-21-11-13-22(14-12-21)30(36)33-19-24-18-27(24)34-15-5-6-16-34/h1-4,7-14,17,24,27H,5-6,15-16,18-20H2,(H,33,36). The Bertz CT molecular complexity index is 1380. The summed E-state index contributed by atoms with van der Waals surface area (Å²) in [6.07, 6.45) is 5.59. The van der Waals surface area contributed by atoms with E-state index in [0.29, 0.717) is 34.5 Å². The number of carbonyl (C=O) groups excluding carboxylic acids is 2. The summed E-state index contributed by atoms with van der Waals surface area (Å²) in [5.74, 6) is -0.00520. The van der Waals surface area contributed by atoms with Crippen molar-refractivity contribution in [2.24, 2.45) is 5.92 Å². The van der Waals surface area contributed by atoms with Gasteiger partial charge in [-0.25, -0.2) is 4.39 Å². The van der Waals surface area contributed by atoms with E-state index in [1.54, 1.807) is 35.2 Å². The summed E-state index contributed by atoms with van der Waals surface area (Å²) >= 11 is 1.41. The first-order chi connectivity index (χ1) is 18.6. The second kappa shape index (κ2) is 10.8. The number of halogens is 1. The van der Waals surface area contributed by atoms with Crippen LogP contribution in [0, 0.1) is 11.7 Å². The minimum Gasteiger partial charge on any atom is -0.352 e. The minimum atomic E-state index is -0.330. The number of fused-ring (bicyclic) bond motifs is 1. The fraction of sp³-hybridized carbons (Fsp3) is 0.290. The van der Waals surface area contributed by atoms with Gasteiger partial charge in [0, 0.05) is 28.6 Å². The third-order valence-electron chi connectivity index (χ3n) is 7.61. The van der Waals surface area contributed by atoms with Gasteiger partial charge >= 0.3 is 0 Å². The molecule has 7 heteroatoms. The average molecular weight is 528 g/mol. The van der Waals surface area contributed by atoms with E-state index in [1.807, 2.05) is 42.5 Å². The number of hydrogen-bond acceptors (Lipinski definition) is 4. The Morgan fingerprint density at radius 1 is 1.00 bits per heavy atom. The fourth-order valence-electron chi connectivity index (χ4n) is 5.40. The summed E-state index contributed by atoms with van der Waals surface area (Å²) in [5.41, 5.74) is 2.69. The van der Waals surface area contributed by atoms with Gasteiger partial charge in [-0.1, -0.05) is 54.2 Å². The van der Waals surface area contributed by atoms with Crippen molar-refractivity contribution in [1.29, 1.82) is 0 Å². The molecule has 1 saturated carbocycles. The molecule has 0 bridgehead atoms. The normalized spacial score (nSPS) is 22.0. The highest BCUT2D eigenvalue weighted by Crippen LogP contribution is 2.43. The van der Waals surface area contributed by atoms with Gasteiger partial charge in [0.2, 0.25) is 0 Å². The fourth-order valence-corrected chi connectivity index (χ4v) is 6.45. The van der Waals surface area contributed by atoms with E-state index in [2.05, 4.69) is 10.2 Å². The van der Waals surface area contributed by atoms with Crippen molar-refractivity contribution in [1.82, 2.24) is 10.2 Å². The maximum Gasteiger partial charge on any atom is 0.265 e. The molecule has 38 heavy (non-hydrogen) atoms. The van der Waals surface area contributed by atoms with Crippen molar-refractivity contribution in [3.05, 3.63) is 100 Å². The number of para-hydroxylation sites is 1. The van der Waals surface area contributed by atoms with Crippen LogP contribution < -0.4 is 10.2 Å². The topological polar surface area (TPSA) is 52.7 Å². The molecule has 2 heterocycles. The molecule has 1 saturated heterocycles. The Morgan fingerprint density at radius 3 is 2.53 bits per heavy atom. The highest BCUT2D eigenvalue weighted by molar-refractivity contribution is 8.04. The molecule has 0 radical (unpaired) electrons. The Balaban J connectivity index is 1.14. The second-order valence-corrected chi connectivity index (χ2v) is 11.3. The molecule has 1 aliphatic carbocycles. The van der Waals surface area contributed by atoms with Crippen LogP contribution in [0.25, 0.3) is 6.08 Å². The van der Waals surface area contributed by atoms with Crippen LogP contribution in [0.15, 0.2) is 82.6 Å². The second-order valence-electron chi connectivity index (χ2n) is 10.2. The number of rotatable bonds is 7. The van der Waals surface area contributed by atoms with E-state index in [0.717, 1.165) is 16.1 Å². The molecule has 3 aromatic carbocycles. The van der Waals surface area contributed by atoms with Crippen LogP contribution in [0.5, 0.6) is 0 Å². The van der Waals surface area contributed by atoms with Crippen LogP contribution in [0.1, 0.15) is 40.7 Å². The zero-order valence-corrected chi connectivity index (χ0v) is 21.9. The largest absolute Gasteiger partial charge is 0.352 e. The quantitative estimate of drug-likeness (QED) is 0.400. The molecule has 2 atom stereocenters. The maximum atomic E-state index is 14.4. The highest BCUT2D eigenvalue weighted by Gasteiger charge is 2.42. The number of anilines is 1. The van der Waals surface area contributed by atoms with Crippen LogP contribution in [0.3, 0.4) is 0 Å². The van der Waals surface area contributed by atoms with Crippen LogP contribution in [-0.2, 0) is 11.3 Å². The molecule has 3 aliphatic rings. The van der Waals surface area contributed by atoms with Crippen LogP contribution >= 0.6 is 11.8 Å². The zero-order valence-electron chi connectivity index (χ0n) is 21.1. The Hall–Kier alpha value is -3.42. The molecule has 6 rings (SSSR count). The molecule has 194 valence electrons. The Morgan fingerprint density at radius 2 is 1.74 bits per heavy atom. The lowest BCUT2D eigenvalue weighted by Crippen LogP contribution is -2.34. The Kier molecular flexibility index (Phi) is 7.04. The van der Waals surface area contributed by atoms with Crippen LogP contribution in [-0.4, -0.2) is 42.4 Å². The number of nitrogens with one attached hydrogen (secondary N) is 1. The molecule has 2 unspecified atom stereocenters. The third-order valence-corrected chi connectivity index (χ3v) is 8.69. The van der Waals surface area contributed by atoms with Gasteiger partial charge in [-0.3, -0.25) is 9.59 Å². The molecule has 0 aromatic heterocycles. The van der Waals surface area contributed by atoms with Gasteiger partial charge < -0.3 is 15.1 Å². The number of nitrogens with zero attached hydrogens (tertiary/aromatic N) is 2. The van der Waals surface area contributed by atoms with Gasteiger partial charge in [0.1, 0.15) is 5.82 Å². The summed E-state index contributed by atoms with van der Waals surface area (Å²) in [4.78, 5) is 31.9. The number of carbonyl (C=O) groups is 2. The van der Waals surface area contributed by atoms with Gasteiger partial charge in [-0.15, -0.1) is 0 Å². The zero-order chi connectivity index (χ0) is 26.1. The number of amides is 2. The lowest BCUT2D eigenvalue weighted by molar-refractivity contribution is -0.114. The molecular formula is C31H30FN3O2S. The van der Waals surface area contributed by atoms with Crippen LogP contribution in [0.2, 0.25) is 0 Å². The number of likely N-dealkylation sites (tertiary alicyclic amines) is 1. The molecular weight excluding hydrogens is 497 g/mol. The summed E-state index contributed by atoms with van der Waals surface area (Å²) in [6.45, 7) is 3.26. The van der Waals surface area contributed by atoms with Crippen molar-refractivity contribution >= 4 is 35.3 Å². The summed E-state index contributed by atoms with van der Waals surface area (Å²) in [7, 11) is 0. The summed E-state index contributed by atoms with van der Waals surface area (Å²) in [5, 5.41) is 3.09. The highest BCUT2D eigenvalue weighted by atomic mass is 32.2. The van der Waals surface area contributed by atoms with E-state index in [9.17, 15) is 14.0 Å². The molecule has 2 amide bonds. The molecule has 2 fully saturated rings. The third kappa shape index (κ3) is 5.26. The van der Waals surface area contributed by atoms with Crippen molar-refractivity contribution in [2.45, 2.75) is 36.7 Å². The first kappa shape index (κ1) is 24.9. The Labute approximate surface area is 226 Å². The molecule has 3 aromatic rings. The number of benzene rings is 3. The van der Waals surface area contributed by atoms with E-state index >= 15 is 0 Å². The van der Waals surface area contributed by atoms with Gasteiger partial charge in [0.15, 0.2) is 0 Å². The smallest absolute Gasteiger partial charge is 0.265 e. The van der Waals surface area contributed by atoms with Gasteiger partial charge in [-0.2, -0.15) is 0 Å². The molecule has 1 N–H and O–H groups in total. The van der Waals surface area contributed by atoms with Crippen LogP contribution in [0.4, 0.5) is 10.1 Å². The van der Waals surface area contributed by atoms with E-state index < -0.39 is 0 Å². The van der Waals surface area contributed by atoms with E-state index in [-0.39, 0.29) is 24.2 Å². The predicted molar refractivity (Wildman–Crippen MR) is 149 cm³/mol. The van der Waals surface area contributed by atoms with Crippen molar-refractivity contribution in [3.8, 4) is 0 Å². The number of hydrogen-bond donors (Lipinski definition) is 1. The minimum absolute atomic E-state index is 0.0654. The van der Waals surface area contributed by atoms with Crippen molar-refractivity contribution < 1.29 is 14.0 Å². The molecule has 2 aliphatic heterocycles. The average Bonchev–Trinajstić information content (AvgIpc) is 3.51. The van der Waals surface area contributed by atoms with Gasteiger partial charge in [0.25, 0.3) is 11.8 Å². The molecule has 0 spiro atoms. The van der Waals surface area contributed by atoms with Crippen molar-refractivity contribution in [3.63, 3.8) is 0 Å². The number of thioether (sulfide) groups is 1.